The van der Waals surface area contributed by atoms with Gasteiger partial charge in [0.2, 0.25) is 23.6 Å². The number of carbonyl (C=O) groups excluding carboxylic acids is 1. The summed E-state index contributed by atoms with van der Waals surface area (Å²) >= 11 is 0. The molecule has 1 aliphatic heterocycles. The number of fused-ring (bicyclic) bond motifs is 3. The van der Waals surface area contributed by atoms with Crippen LogP contribution in [-0.4, -0.2) is 59.0 Å². The Morgan fingerprint density at radius 2 is 1.97 bits per heavy atom. The van der Waals surface area contributed by atoms with Crippen molar-refractivity contribution in [2.24, 2.45) is 0 Å². The molecule has 3 aliphatic rings. The van der Waals surface area contributed by atoms with Gasteiger partial charge in [-0.3, -0.25) is 9.89 Å². The molecule has 0 saturated carbocycles. The second kappa shape index (κ2) is 9.06. The number of hydrogen-bond donors (Lipinski definition) is 2. The monoisotopic (exact) mass is 497 g/mol. The van der Waals surface area contributed by atoms with Gasteiger partial charge in [0.1, 0.15) is 6.42 Å². The number of nitrogens with zero attached hydrogens (tertiary/aromatic N) is 7. The van der Waals surface area contributed by atoms with Crippen molar-refractivity contribution >= 4 is 11.9 Å². The normalized spacial score (nSPS) is 18.8. The SMILES string of the molecule is O=C(Cc1nnc(C2CCCc3nc(NC4Cc5ccccc5C4)ncc32)o1)N1CCc2nn[nH]c2C1. The summed E-state index contributed by atoms with van der Waals surface area (Å²) < 4.78 is 6.00. The second-order valence-electron chi connectivity index (χ2n) is 10.1. The molecular weight excluding hydrogens is 470 g/mol. The number of H-pyrrole nitrogens is 1. The van der Waals surface area contributed by atoms with Gasteiger partial charge in [0.25, 0.3) is 0 Å². The maximum atomic E-state index is 12.9. The van der Waals surface area contributed by atoms with Crippen LogP contribution < -0.4 is 5.32 Å². The molecule has 0 radical (unpaired) electrons. The van der Waals surface area contributed by atoms with E-state index in [1.165, 1.54) is 11.1 Å². The van der Waals surface area contributed by atoms with Crippen LogP contribution in [0.1, 0.15) is 64.3 Å². The standard InChI is InChI=1S/C26H27N9O2/c36-24(35-9-8-21-22(14-35)31-34-30-21)12-23-32-33-25(37-23)18-6-3-7-20-19(18)13-27-26(29-20)28-17-10-15-4-1-2-5-16(15)11-17/h1-2,4-5,13,17-18H,3,6-12,14H2,(H,27,28,29)(H,30,31,34). The first-order valence-electron chi connectivity index (χ1n) is 12.9. The van der Waals surface area contributed by atoms with Crippen LogP contribution in [0.5, 0.6) is 0 Å². The van der Waals surface area contributed by atoms with E-state index in [1.807, 2.05) is 6.20 Å². The van der Waals surface area contributed by atoms with Crippen molar-refractivity contribution in [1.82, 2.24) is 40.5 Å². The predicted molar refractivity (Wildman–Crippen MR) is 132 cm³/mol. The van der Waals surface area contributed by atoms with Crippen molar-refractivity contribution in [2.75, 3.05) is 11.9 Å². The Labute approximate surface area is 213 Å². The Morgan fingerprint density at radius 1 is 1.11 bits per heavy atom. The van der Waals surface area contributed by atoms with Crippen LogP contribution in [0.25, 0.3) is 0 Å². The number of carbonyl (C=O) groups is 1. The van der Waals surface area contributed by atoms with E-state index in [0.717, 1.165) is 54.7 Å². The molecule has 1 aromatic carbocycles. The van der Waals surface area contributed by atoms with Crippen LogP contribution >= 0.6 is 0 Å². The number of benzene rings is 1. The van der Waals surface area contributed by atoms with Gasteiger partial charge in [0, 0.05) is 36.5 Å². The summed E-state index contributed by atoms with van der Waals surface area (Å²) in [6.45, 7) is 1.08. The van der Waals surface area contributed by atoms with E-state index >= 15 is 0 Å². The minimum absolute atomic E-state index is 0.0485. The average molecular weight is 498 g/mol. The van der Waals surface area contributed by atoms with Gasteiger partial charge in [-0.25, -0.2) is 9.97 Å². The number of amides is 1. The fourth-order valence-electron chi connectivity index (χ4n) is 5.76. The lowest BCUT2D eigenvalue weighted by Crippen LogP contribution is -2.37. The van der Waals surface area contributed by atoms with Gasteiger partial charge in [-0.2, -0.15) is 0 Å². The predicted octanol–water partition coefficient (Wildman–Crippen LogP) is 2.15. The summed E-state index contributed by atoms with van der Waals surface area (Å²) in [4.78, 5) is 24.1. The molecule has 3 aromatic heterocycles. The molecule has 0 fully saturated rings. The lowest BCUT2D eigenvalue weighted by molar-refractivity contribution is -0.131. The van der Waals surface area contributed by atoms with Gasteiger partial charge in [-0.15, -0.1) is 15.3 Å². The molecule has 4 aromatic rings. The maximum Gasteiger partial charge on any atom is 0.232 e. The summed E-state index contributed by atoms with van der Waals surface area (Å²) in [5, 5.41) is 22.8. The van der Waals surface area contributed by atoms with Crippen molar-refractivity contribution in [3.63, 3.8) is 0 Å². The molecule has 11 heteroatoms. The number of hydrogen-bond acceptors (Lipinski definition) is 9. The molecule has 1 atom stereocenters. The van der Waals surface area contributed by atoms with Gasteiger partial charge in [0.15, 0.2) is 0 Å². The summed E-state index contributed by atoms with van der Waals surface area (Å²) in [6.07, 6.45) is 7.40. The minimum Gasteiger partial charge on any atom is -0.424 e. The van der Waals surface area contributed by atoms with Crippen LogP contribution in [0.3, 0.4) is 0 Å². The molecule has 1 unspecified atom stereocenters. The zero-order valence-electron chi connectivity index (χ0n) is 20.4. The molecule has 2 N–H and O–H groups in total. The van der Waals surface area contributed by atoms with E-state index in [0.29, 0.717) is 43.3 Å². The molecule has 2 aliphatic carbocycles. The number of nitrogens with one attached hydrogen (secondary N) is 2. The van der Waals surface area contributed by atoms with E-state index in [-0.39, 0.29) is 18.2 Å². The zero-order valence-corrected chi connectivity index (χ0v) is 20.4. The number of rotatable bonds is 5. The zero-order chi connectivity index (χ0) is 24.8. The van der Waals surface area contributed by atoms with Crippen LogP contribution in [0, 0.1) is 0 Å². The van der Waals surface area contributed by atoms with Crippen molar-refractivity contribution in [1.29, 1.82) is 0 Å². The topological polar surface area (TPSA) is 139 Å². The molecule has 188 valence electrons. The highest BCUT2D eigenvalue weighted by molar-refractivity contribution is 5.78. The quantitative estimate of drug-likeness (QED) is 0.425. The minimum atomic E-state index is -0.0569. The highest BCUT2D eigenvalue weighted by Crippen LogP contribution is 2.35. The van der Waals surface area contributed by atoms with Crippen molar-refractivity contribution in [3.05, 3.63) is 76.0 Å². The van der Waals surface area contributed by atoms with Crippen LogP contribution in [0.2, 0.25) is 0 Å². The first-order chi connectivity index (χ1) is 18.2. The van der Waals surface area contributed by atoms with Crippen molar-refractivity contribution in [3.8, 4) is 0 Å². The highest BCUT2D eigenvalue weighted by atomic mass is 16.4. The molecule has 11 nitrogen and oxygen atoms in total. The lowest BCUT2D eigenvalue weighted by Gasteiger charge is -2.25. The first-order valence-corrected chi connectivity index (χ1v) is 12.9. The molecule has 4 heterocycles. The smallest absolute Gasteiger partial charge is 0.232 e. The van der Waals surface area contributed by atoms with E-state index in [9.17, 15) is 4.79 Å². The van der Waals surface area contributed by atoms with Crippen molar-refractivity contribution < 1.29 is 9.21 Å². The summed E-state index contributed by atoms with van der Waals surface area (Å²) in [5.41, 5.74) is 6.66. The molecule has 1 amide bonds. The fraction of sp³-hybridized carbons (Fsp3) is 0.423. The van der Waals surface area contributed by atoms with Crippen LogP contribution in [0.4, 0.5) is 5.95 Å². The largest absolute Gasteiger partial charge is 0.424 e. The molecule has 0 bridgehead atoms. The Hall–Kier alpha value is -4.15. The highest BCUT2D eigenvalue weighted by Gasteiger charge is 2.30. The Bertz CT molecular complexity index is 1440. The van der Waals surface area contributed by atoms with E-state index in [1.54, 1.807) is 4.90 Å². The maximum absolute atomic E-state index is 12.9. The van der Waals surface area contributed by atoms with Crippen molar-refractivity contribution in [2.45, 2.75) is 63.5 Å². The van der Waals surface area contributed by atoms with Gasteiger partial charge < -0.3 is 14.6 Å². The molecule has 0 spiro atoms. The lowest BCUT2D eigenvalue weighted by atomic mass is 9.86. The Kier molecular flexibility index (Phi) is 5.40. The number of anilines is 1. The van der Waals surface area contributed by atoms with Gasteiger partial charge in [0.05, 0.1) is 23.9 Å². The number of aromatic nitrogens is 7. The average Bonchev–Trinajstić information content (AvgIpc) is 3.67. The summed E-state index contributed by atoms with van der Waals surface area (Å²) in [7, 11) is 0. The van der Waals surface area contributed by atoms with E-state index < -0.39 is 0 Å². The molecule has 37 heavy (non-hydrogen) atoms. The van der Waals surface area contributed by atoms with Gasteiger partial charge in [-0.05, 0) is 43.2 Å². The number of aromatic amines is 1. The molecule has 7 rings (SSSR count). The third kappa shape index (κ3) is 4.24. The van der Waals surface area contributed by atoms with E-state index in [4.69, 9.17) is 9.40 Å². The third-order valence-corrected chi connectivity index (χ3v) is 7.67. The van der Waals surface area contributed by atoms with Gasteiger partial charge in [-0.1, -0.05) is 29.5 Å². The van der Waals surface area contributed by atoms with E-state index in [2.05, 4.69) is 60.2 Å². The summed E-state index contributed by atoms with van der Waals surface area (Å²) in [6, 6.07) is 8.89. The second-order valence-corrected chi connectivity index (χ2v) is 10.1. The van der Waals surface area contributed by atoms with Crippen LogP contribution in [-0.2, 0) is 43.4 Å². The molecule has 0 saturated heterocycles. The Morgan fingerprint density at radius 3 is 2.84 bits per heavy atom. The summed E-state index contributed by atoms with van der Waals surface area (Å²) in [5.74, 6) is 1.43. The Balaban J connectivity index is 1.03. The molecular formula is C26H27N9O2. The first kappa shape index (κ1) is 22.1. The van der Waals surface area contributed by atoms with Gasteiger partial charge >= 0.3 is 0 Å². The fourth-order valence-corrected chi connectivity index (χ4v) is 5.76. The van der Waals surface area contributed by atoms with Crippen LogP contribution in [0.15, 0.2) is 34.9 Å². The third-order valence-electron chi connectivity index (χ3n) is 7.67. The number of aryl methyl sites for hydroxylation is 1.